The Kier molecular flexibility index (Phi) is 7.70. The lowest BCUT2D eigenvalue weighted by molar-refractivity contribution is -0.135. The van der Waals surface area contributed by atoms with Crippen molar-refractivity contribution in [2.45, 2.75) is 20.3 Å². The molecule has 0 saturated carbocycles. The van der Waals surface area contributed by atoms with Crippen LogP contribution >= 0.6 is 22.6 Å². The van der Waals surface area contributed by atoms with E-state index in [1.54, 1.807) is 0 Å². The van der Waals surface area contributed by atoms with Gasteiger partial charge in [-0.2, -0.15) is 0 Å². The molecule has 1 aromatic carbocycles. The summed E-state index contributed by atoms with van der Waals surface area (Å²) in [7, 11) is 0. The molecule has 2 heterocycles. The molecule has 2 fully saturated rings. The third-order valence-corrected chi connectivity index (χ3v) is 6.19. The molecule has 154 valence electrons. The number of nitrogens with one attached hydrogen (secondary N) is 1. The van der Waals surface area contributed by atoms with Gasteiger partial charge >= 0.3 is 0 Å². The summed E-state index contributed by atoms with van der Waals surface area (Å²) in [5, 5.41) is 2.96. The van der Waals surface area contributed by atoms with Crippen LogP contribution in [0.5, 0.6) is 0 Å². The summed E-state index contributed by atoms with van der Waals surface area (Å²) in [5.41, 5.74) is 0.839. The zero-order valence-corrected chi connectivity index (χ0v) is 19.0. The minimum Gasteiger partial charge on any atom is -0.341 e. The fourth-order valence-electron chi connectivity index (χ4n) is 4.23. The molecule has 3 rings (SSSR count). The Morgan fingerprint density at radius 3 is 2.25 bits per heavy atom. The van der Waals surface area contributed by atoms with Crippen LogP contribution in [0.2, 0.25) is 0 Å². The standard InChI is InChI=1S/C21H31IN4O2/c1-16-10-17(2)13-26(12-16)21(28)15-25-8-6-24(7-9-25)14-20(27)23-19-5-3-4-18(22)11-19/h3-5,11,16-17H,6-10,12-15H2,1-2H3,(H,23,27)/t16-,17-/m1/s1. The summed E-state index contributed by atoms with van der Waals surface area (Å²) in [6.45, 7) is 10.5. The van der Waals surface area contributed by atoms with E-state index in [2.05, 4.69) is 51.6 Å². The van der Waals surface area contributed by atoms with Crippen molar-refractivity contribution in [1.82, 2.24) is 14.7 Å². The van der Waals surface area contributed by atoms with E-state index >= 15 is 0 Å². The van der Waals surface area contributed by atoms with Crippen LogP contribution in [0.15, 0.2) is 24.3 Å². The van der Waals surface area contributed by atoms with Crippen LogP contribution in [0.1, 0.15) is 20.3 Å². The largest absolute Gasteiger partial charge is 0.341 e. The third-order valence-electron chi connectivity index (χ3n) is 5.52. The highest BCUT2D eigenvalue weighted by atomic mass is 127. The fourth-order valence-corrected chi connectivity index (χ4v) is 4.78. The average Bonchev–Trinajstić information content (AvgIpc) is 2.62. The number of carbonyl (C=O) groups is 2. The number of hydrogen-bond donors (Lipinski definition) is 1. The summed E-state index contributed by atoms with van der Waals surface area (Å²) < 4.78 is 1.10. The Morgan fingerprint density at radius 2 is 1.64 bits per heavy atom. The van der Waals surface area contributed by atoms with Crippen LogP contribution in [0, 0.1) is 15.4 Å². The minimum atomic E-state index is 0.0165. The van der Waals surface area contributed by atoms with Crippen molar-refractivity contribution in [3.05, 3.63) is 27.8 Å². The van der Waals surface area contributed by atoms with E-state index in [9.17, 15) is 9.59 Å². The van der Waals surface area contributed by atoms with Crippen molar-refractivity contribution >= 4 is 40.1 Å². The van der Waals surface area contributed by atoms with Gasteiger partial charge in [-0.25, -0.2) is 0 Å². The molecule has 2 atom stereocenters. The molecule has 0 aliphatic carbocycles. The van der Waals surface area contributed by atoms with Crippen LogP contribution in [-0.2, 0) is 9.59 Å². The van der Waals surface area contributed by atoms with Crippen molar-refractivity contribution in [1.29, 1.82) is 0 Å². The molecular weight excluding hydrogens is 467 g/mol. The Balaban J connectivity index is 1.39. The average molecular weight is 498 g/mol. The maximum atomic E-state index is 12.7. The molecule has 0 unspecified atom stereocenters. The summed E-state index contributed by atoms with van der Waals surface area (Å²) >= 11 is 2.24. The Bertz CT molecular complexity index is 681. The molecule has 7 heteroatoms. The van der Waals surface area contributed by atoms with Gasteiger partial charge in [0.25, 0.3) is 0 Å². The van der Waals surface area contributed by atoms with Crippen molar-refractivity contribution in [2.24, 2.45) is 11.8 Å². The van der Waals surface area contributed by atoms with Crippen molar-refractivity contribution in [3.8, 4) is 0 Å². The minimum absolute atomic E-state index is 0.0165. The van der Waals surface area contributed by atoms with Gasteiger partial charge in [-0.1, -0.05) is 19.9 Å². The number of likely N-dealkylation sites (tertiary alicyclic amines) is 1. The summed E-state index contributed by atoms with van der Waals surface area (Å²) in [4.78, 5) is 31.4. The Hall–Kier alpha value is -1.19. The first-order valence-electron chi connectivity index (χ1n) is 10.2. The lowest BCUT2D eigenvalue weighted by Crippen LogP contribution is -2.52. The number of anilines is 1. The highest BCUT2D eigenvalue weighted by Crippen LogP contribution is 2.21. The normalized spacial score (nSPS) is 24.2. The number of rotatable bonds is 5. The van der Waals surface area contributed by atoms with E-state index < -0.39 is 0 Å². The number of benzene rings is 1. The Labute approximate surface area is 181 Å². The first-order chi connectivity index (χ1) is 13.4. The predicted molar refractivity (Wildman–Crippen MR) is 120 cm³/mol. The van der Waals surface area contributed by atoms with E-state index in [-0.39, 0.29) is 11.8 Å². The van der Waals surface area contributed by atoms with Gasteiger partial charge in [-0.3, -0.25) is 19.4 Å². The zero-order valence-electron chi connectivity index (χ0n) is 16.9. The van der Waals surface area contributed by atoms with Gasteiger partial charge in [-0.15, -0.1) is 0 Å². The number of amides is 2. The molecule has 2 aliphatic heterocycles. The first kappa shape index (κ1) is 21.5. The van der Waals surface area contributed by atoms with Crippen LogP contribution in [0.3, 0.4) is 0 Å². The quantitative estimate of drug-likeness (QED) is 0.634. The number of hydrogen-bond acceptors (Lipinski definition) is 4. The third kappa shape index (κ3) is 6.42. The van der Waals surface area contributed by atoms with Gasteiger partial charge in [0.05, 0.1) is 13.1 Å². The maximum absolute atomic E-state index is 12.7. The molecule has 0 aromatic heterocycles. The lowest BCUT2D eigenvalue weighted by Gasteiger charge is -2.38. The molecule has 0 radical (unpaired) electrons. The SMILES string of the molecule is C[C@@H]1C[C@@H](C)CN(C(=O)CN2CCN(CC(=O)Nc3cccc(I)c3)CC2)C1. The van der Waals surface area contributed by atoms with Crippen LogP contribution in [0.4, 0.5) is 5.69 Å². The van der Waals surface area contributed by atoms with E-state index in [0.717, 1.165) is 48.5 Å². The van der Waals surface area contributed by atoms with Gasteiger partial charge in [0.15, 0.2) is 0 Å². The van der Waals surface area contributed by atoms with Gasteiger partial charge in [0.1, 0.15) is 0 Å². The van der Waals surface area contributed by atoms with E-state index in [1.165, 1.54) is 6.42 Å². The second-order valence-electron chi connectivity index (χ2n) is 8.36. The van der Waals surface area contributed by atoms with Gasteiger partial charge in [0.2, 0.25) is 11.8 Å². The van der Waals surface area contributed by atoms with E-state index in [0.29, 0.717) is 24.9 Å². The fraction of sp³-hybridized carbons (Fsp3) is 0.619. The second-order valence-corrected chi connectivity index (χ2v) is 9.60. The lowest BCUT2D eigenvalue weighted by atomic mass is 9.92. The molecule has 0 spiro atoms. The summed E-state index contributed by atoms with van der Waals surface area (Å²) in [6, 6.07) is 7.81. The number of piperazine rings is 1. The van der Waals surface area contributed by atoms with E-state index in [1.807, 2.05) is 29.2 Å². The molecule has 1 aromatic rings. The predicted octanol–water partition coefficient (Wildman–Crippen LogP) is 2.35. The number of piperidine rings is 1. The molecule has 28 heavy (non-hydrogen) atoms. The molecule has 6 nitrogen and oxygen atoms in total. The van der Waals surface area contributed by atoms with Crippen molar-refractivity contribution in [3.63, 3.8) is 0 Å². The summed E-state index contributed by atoms with van der Waals surface area (Å²) in [5.74, 6) is 1.46. The van der Waals surface area contributed by atoms with Gasteiger partial charge in [-0.05, 0) is 59.0 Å². The topological polar surface area (TPSA) is 55.9 Å². The van der Waals surface area contributed by atoms with E-state index in [4.69, 9.17) is 0 Å². The van der Waals surface area contributed by atoms with Gasteiger partial charge in [0, 0.05) is 48.5 Å². The highest BCUT2D eigenvalue weighted by Gasteiger charge is 2.27. The molecule has 2 saturated heterocycles. The second kappa shape index (κ2) is 10.0. The molecule has 2 amide bonds. The Morgan fingerprint density at radius 1 is 1.04 bits per heavy atom. The molecule has 0 bridgehead atoms. The van der Waals surface area contributed by atoms with Crippen LogP contribution in [-0.4, -0.2) is 78.9 Å². The van der Waals surface area contributed by atoms with Crippen molar-refractivity contribution in [2.75, 3.05) is 57.7 Å². The number of carbonyl (C=O) groups excluding carboxylic acids is 2. The molecular formula is C21H31IN4O2. The smallest absolute Gasteiger partial charge is 0.238 e. The van der Waals surface area contributed by atoms with Crippen LogP contribution in [0.25, 0.3) is 0 Å². The highest BCUT2D eigenvalue weighted by molar-refractivity contribution is 14.1. The van der Waals surface area contributed by atoms with Crippen LogP contribution < -0.4 is 5.32 Å². The zero-order chi connectivity index (χ0) is 20.1. The number of halogens is 1. The molecule has 1 N–H and O–H groups in total. The van der Waals surface area contributed by atoms with Crippen molar-refractivity contribution < 1.29 is 9.59 Å². The maximum Gasteiger partial charge on any atom is 0.238 e. The number of nitrogens with zero attached hydrogens (tertiary/aromatic N) is 3. The summed E-state index contributed by atoms with van der Waals surface area (Å²) in [6.07, 6.45) is 1.21. The van der Waals surface area contributed by atoms with Gasteiger partial charge < -0.3 is 10.2 Å². The monoisotopic (exact) mass is 498 g/mol. The first-order valence-corrected chi connectivity index (χ1v) is 11.2. The molecule has 2 aliphatic rings.